The Labute approximate surface area is 168 Å². The first kappa shape index (κ1) is 24.1. The van der Waals surface area contributed by atoms with E-state index >= 15 is 0 Å². The van der Waals surface area contributed by atoms with Crippen LogP contribution in [0.5, 0.6) is 0 Å². The monoisotopic (exact) mass is 395 g/mol. The van der Waals surface area contributed by atoms with Crippen LogP contribution in [0.1, 0.15) is 59.8 Å². The van der Waals surface area contributed by atoms with Crippen LogP contribution in [0.4, 0.5) is 0 Å². The average molecular weight is 396 g/mol. The van der Waals surface area contributed by atoms with Gasteiger partial charge in [0.2, 0.25) is 11.8 Å². The second-order valence-corrected chi connectivity index (χ2v) is 8.08. The van der Waals surface area contributed by atoms with Gasteiger partial charge in [-0.3, -0.25) is 9.59 Å². The highest BCUT2D eigenvalue weighted by Crippen LogP contribution is 2.21. The number of nitrogens with zero attached hydrogens (tertiary/aromatic N) is 1. The zero-order chi connectivity index (χ0) is 21.3. The van der Waals surface area contributed by atoms with Crippen molar-refractivity contribution >= 4 is 17.8 Å². The van der Waals surface area contributed by atoms with E-state index in [-0.39, 0.29) is 23.8 Å². The first-order valence-electron chi connectivity index (χ1n) is 10.4. The Kier molecular flexibility index (Phi) is 10.2. The van der Waals surface area contributed by atoms with Gasteiger partial charge in [0.15, 0.2) is 0 Å². The summed E-state index contributed by atoms with van der Waals surface area (Å²) in [6.45, 7) is 8.55. The third-order valence-electron chi connectivity index (χ3n) is 5.15. The van der Waals surface area contributed by atoms with E-state index in [1.165, 1.54) is 0 Å². The number of carboxylic acids is 1. The Morgan fingerprint density at radius 3 is 2.43 bits per heavy atom. The summed E-state index contributed by atoms with van der Waals surface area (Å²) in [4.78, 5) is 38.4. The molecule has 0 saturated carbocycles. The molecule has 0 aromatic carbocycles. The normalized spacial score (nSPS) is 20.4. The molecule has 1 unspecified atom stereocenters. The van der Waals surface area contributed by atoms with Gasteiger partial charge in [-0.25, -0.2) is 4.79 Å². The van der Waals surface area contributed by atoms with Gasteiger partial charge in [0, 0.05) is 12.6 Å². The van der Waals surface area contributed by atoms with Crippen LogP contribution >= 0.6 is 0 Å². The number of carboxylic acid groups (broad SMARTS) is 1. The molecule has 0 aromatic heterocycles. The fraction of sp³-hybridized carbons (Fsp3) is 0.762. The number of rotatable bonds is 11. The molecule has 0 bridgehead atoms. The van der Waals surface area contributed by atoms with E-state index in [1.807, 2.05) is 33.0 Å². The molecule has 7 heteroatoms. The summed E-state index contributed by atoms with van der Waals surface area (Å²) in [6.07, 6.45) is 7.26. The minimum absolute atomic E-state index is 0.0873. The van der Waals surface area contributed by atoms with Gasteiger partial charge in [-0.1, -0.05) is 46.3 Å². The van der Waals surface area contributed by atoms with Crippen LogP contribution in [-0.4, -0.2) is 59.5 Å². The maximum atomic E-state index is 12.9. The van der Waals surface area contributed by atoms with Gasteiger partial charge < -0.3 is 20.6 Å². The van der Waals surface area contributed by atoms with E-state index in [2.05, 4.69) is 24.5 Å². The Morgan fingerprint density at radius 2 is 1.89 bits per heavy atom. The van der Waals surface area contributed by atoms with Crippen molar-refractivity contribution in [1.29, 1.82) is 0 Å². The first-order chi connectivity index (χ1) is 13.2. The van der Waals surface area contributed by atoms with Crippen molar-refractivity contribution in [1.82, 2.24) is 15.5 Å². The molecule has 3 N–H and O–H groups in total. The summed E-state index contributed by atoms with van der Waals surface area (Å²) in [5.41, 5.74) is 0. The summed E-state index contributed by atoms with van der Waals surface area (Å²) >= 11 is 0. The van der Waals surface area contributed by atoms with E-state index in [0.717, 1.165) is 12.8 Å². The summed E-state index contributed by atoms with van der Waals surface area (Å²) in [7, 11) is 1.90. The summed E-state index contributed by atoms with van der Waals surface area (Å²) < 4.78 is 0. The number of amides is 2. The lowest BCUT2D eigenvalue weighted by Gasteiger charge is -2.27. The van der Waals surface area contributed by atoms with E-state index in [0.29, 0.717) is 31.7 Å². The van der Waals surface area contributed by atoms with Gasteiger partial charge in [-0.2, -0.15) is 0 Å². The summed E-state index contributed by atoms with van der Waals surface area (Å²) in [5, 5.41) is 15.1. The number of likely N-dealkylation sites (N-methyl/N-ethyl adjacent to an activating group) is 1. The topological polar surface area (TPSA) is 98.7 Å². The van der Waals surface area contributed by atoms with Crippen LogP contribution in [0.25, 0.3) is 0 Å². The smallest absolute Gasteiger partial charge is 0.326 e. The molecule has 1 aliphatic rings. The molecule has 1 heterocycles. The lowest BCUT2D eigenvalue weighted by atomic mass is 10.0. The molecule has 1 fully saturated rings. The predicted molar refractivity (Wildman–Crippen MR) is 110 cm³/mol. The second-order valence-electron chi connectivity index (χ2n) is 8.08. The quantitative estimate of drug-likeness (QED) is 0.466. The van der Waals surface area contributed by atoms with Crippen LogP contribution in [0.3, 0.4) is 0 Å². The van der Waals surface area contributed by atoms with Gasteiger partial charge in [0.1, 0.15) is 12.1 Å². The lowest BCUT2D eigenvalue weighted by molar-refractivity contribution is -0.144. The highest BCUT2D eigenvalue weighted by Gasteiger charge is 2.36. The molecule has 1 aliphatic heterocycles. The van der Waals surface area contributed by atoms with Crippen molar-refractivity contribution < 1.29 is 19.5 Å². The van der Waals surface area contributed by atoms with E-state index in [4.69, 9.17) is 0 Å². The minimum atomic E-state index is -1.04. The minimum Gasteiger partial charge on any atom is -0.480 e. The van der Waals surface area contributed by atoms with E-state index in [9.17, 15) is 19.5 Å². The zero-order valence-corrected chi connectivity index (χ0v) is 17.9. The van der Waals surface area contributed by atoms with Crippen molar-refractivity contribution in [2.24, 2.45) is 11.8 Å². The van der Waals surface area contributed by atoms with Gasteiger partial charge in [-0.05, 0) is 38.6 Å². The Balaban J connectivity index is 2.75. The van der Waals surface area contributed by atoms with Crippen LogP contribution in [0.15, 0.2) is 12.2 Å². The van der Waals surface area contributed by atoms with Crippen molar-refractivity contribution in [3.63, 3.8) is 0 Å². The van der Waals surface area contributed by atoms with Crippen LogP contribution < -0.4 is 10.6 Å². The van der Waals surface area contributed by atoms with Crippen LogP contribution in [0.2, 0.25) is 0 Å². The number of carbonyl (C=O) groups excluding carboxylic acids is 2. The molecule has 4 atom stereocenters. The molecule has 28 heavy (non-hydrogen) atoms. The van der Waals surface area contributed by atoms with Crippen molar-refractivity contribution in [3.05, 3.63) is 12.2 Å². The number of hydrogen-bond donors (Lipinski definition) is 3. The maximum absolute atomic E-state index is 12.9. The van der Waals surface area contributed by atoms with Gasteiger partial charge in [0.25, 0.3) is 0 Å². The fourth-order valence-corrected chi connectivity index (χ4v) is 3.56. The Morgan fingerprint density at radius 1 is 1.21 bits per heavy atom. The average Bonchev–Trinajstić information content (AvgIpc) is 3.13. The molecule has 0 aliphatic carbocycles. The summed E-state index contributed by atoms with van der Waals surface area (Å²) in [5.74, 6) is -1.27. The van der Waals surface area contributed by atoms with Crippen LogP contribution in [0, 0.1) is 11.8 Å². The zero-order valence-electron chi connectivity index (χ0n) is 17.9. The third kappa shape index (κ3) is 7.26. The second kappa shape index (κ2) is 11.8. The number of hydrogen-bond acceptors (Lipinski definition) is 4. The van der Waals surface area contributed by atoms with Crippen molar-refractivity contribution in [3.8, 4) is 0 Å². The van der Waals surface area contributed by atoms with Gasteiger partial charge in [0.05, 0.1) is 5.92 Å². The Hall–Kier alpha value is -1.89. The standard InChI is InChI=1S/C21H37N3O4/c1-6-8-17(21(27)28)23-19(25)18-9-7-12-24(18)20(26)15(4)10-11-16(22-5)13-14(2)3/h10-11,14-18,22H,6-9,12-13H2,1-5H3,(H,23,25)(H,27,28)/b11-10+/t15-,16+,17-,18?/m0/s1. The van der Waals surface area contributed by atoms with Gasteiger partial charge in [-0.15, -0.1) is 0 Å². The molecule has 0 radical (unpaired) electrons. The number of aliphatic carboxylic acids is 1. The molecule has 160 valence electrons. The Bertz CT molecular complexity index is 562. The lowest BCUT2D eigenvalue weighted by Crippen LogP contribution is -2.51. The number of carbonyl (C=O) groups is 3. The molecule has 7 nitrogen and oxygen atoms in total. The third-order valence-corrected chi connectivity index (χ3v) is 5.15. The van der Waals surface area contributed by atoms with Crippen LogP contribution in [-0.2, 0) is 14.4 Å². The number of likely N-dealkylation sites (tertiary alicyclic amines) is 1. The molecular weight excluding hydrogens is 358 g/mol. The molecule has 1 rings (SSSR count). The number of nitrogens with one attached hydrogen (secondary N) is 2. The SMILES string of the molecule is CCC[C@H](NC(=O)C1CCCN1C(=O)[C@@H](C)/C=C/[C@H](CC(C)C)NC)C(=O)O. The van der Waals surface area contributed by atoms with Crippen molar-refractivity contribution in [2.45, 2.75) is 77.9 Å². The van der Waals surface area contributed by atoms with E-state index < -0.39 is 18.1 Å². The van der Waals surface area contributed by atoms with Gasteiger partial charge >= 0.3 is 5.97 Å². The molecule has 1 saturated heterocycles. The largest absolute Gasteiger partial charge is 0.480 e. The highest BCUT2D eigenvalue weighted by molar-refractivity contribution is 5.91. The molecule has 0 spiro atoms. The molecule has 0 aromatic rings. The maximum Gasteiger partial charge on any atom is 0.326 e. The predicted octanol–water partition coefficient (Wildman–Crippen LogP) is 2.17. The van der Waals surface area contributed by atoms with E-state index in [1.54, 1.807) is 4.90 Å². The molecule has 2 amide bonds. The molecular formula is C21H37N3O4. The van der Waals surface area contributed by atoms with Crippen molar-refractivity contribution in [2.75, 3.05) is 13.6 Å². The highest BCUT2D eigenvalue weighted by atomic mass is 16.4. The summed E-state index contributed by atoms with van der Waals surface area (Å²) in [6, 6.07) is -1.28. The first-order valence-corrected chi connectivity index (χ1v) is 10.4. The fourth-order valence-electron chi connectivity index (χ4n) is 3.56.